The first kappa shape index (κ1) is 15.0. The van der Waals surface area contributed by atoms with Crippen LogP contribution in [0.25, 0.3) is 0 Å². The average Bonchev–Trinajstić information content (AvgIpc) is 2.99. The Balaban J connectivity index is 0.00000147. The van der Waals surface area contributed by atoms with Crippen LogP contribution in [0.2, 0.25) is 0 Å². The molecule has 0 fully saturated rings. The van der Waals surface area contributed by atoms with Gasteiger partial charge in [0.1, 0.15) is 0 Å². The van der Waals surface area contributed by atoms with Gasteiger partial charge in [-0.1, -0.05) is 30.3 Å². The summed E-state index contributed by atoms with van der Waals surface area (Å²) in [4.78, 5) is 12.7. The van der Waals surface area contributed by atoms with E-state index < -0.39 is 0 Å². The van der Waals surface area contributed by atoms with E-state index in [1.807, 2.05) is 17.5 Å². The van der Waals surface area contributed by atoms with Crippen molar-refractivity contribution in [1.82, 2.24) is 10.6 Å². The van der Waals surface area contributed by atoms with Gasteiger partial charge in [-0.15, -0.1) is 23.7 Å². The van der Waals surface area contributed by atoms with E-state index in [9.17, 15) is 4.79 Å². The van der Waals surface area contributed by atoms with Gasteiger partial charge < -0.3 is 10.6 Å². The second-order valence-electron chi connectivity index (χ2n) is 4.64. The zero-order valence-electron chi connectivity index (χ0n) is 11.0. The number of carbonyl (C=O) groups excluding carboxylic acids is 1. The number of hydrogen-bond acceptors (Lipinski definition) is 3. The van der Waals surface area contributed by atoms with Crippen LogP contribution in [-0.4, -0.2) is 19.0 Å². The molecule has 106 valence electrons. The third-order valence-electron chi connectivity index (χ3n) is 3.43. The fraction of sp³-hybridized carbons (Fsp3) is 0.267. The number of nitrogens with one attached hydrogen (secondary N) is 2. The summed E-state index contributed by atoms with van der Waals surface area (Å²) < 4.78 is 0. The van der Waals surface area contributed by atoms with Crippen LogP contribution in [0.3, 0.4) is 0 Å². The largest absolute Gasteiger partial charge is 0.349 e. The first-order valence-corrected chi connectivity index (χ1v) is 7.35. The number of carbonyl (C=O) groups is 1. The quantitative estimate of drug-likeness (QED) is 0.915. The topological polar surface area (TPSA) is 41.1 Å². The molecule has 0 spiro atoms. The maximum absolute atomic E-state index is 11.9. The summed E-state index contributed by atoms with van der Waals surface area (Å²) in [5, 5.41) is 8.39. The lowest BCUT2D eigenvalue weighted by atomic mass is 9.94. The van der Waals surface area contributed by atoms with E-state index in [4.69, 9.17) is 0 Å². The molecule has 0 radical (unpaired) electrons. The number of hydrogen-bond donors (Lipinski definition) is 2. The molecule has 1 unspecified atom stereocenters. The van der Waals surface area contributed by atoms with E-state index in [1.54, 1.807) is 0 Å². The molecule has 1 amide bonds. The highest BCUT2D eigenvalue weighted by molar-refractivity contribution is 7.12. The SMILES string of the molecule is Cl.O=C(NCC1NCCc2ccccc21)c1cccs1. The molecule has 0 saturated carbocycles. The van der Waals surface area contributed by atoms with E-state index >= 15 is 0 Å². The van der Waals surface area contributed by atoms with Crippen molar-refractivity contribution in [1.29, 1.82) is 0 Å². The molecule has 20 heavy (non-hydrogen) atoms. The van der Waals surface area contributed by atoms with Crippen molar-refractivity contribution in [2.45, 2.75) is 12.5 Å². The van der Waals surface area contributed by atoms with Crippen LogP contribution < -0.4 is 10.6 Å². The normalized spacial score (nSPS) is 16.9. The molecule has 3 nitrogen and oxygen atoms in total. The summed E-state index contributed by atoms with van der Waals surface area (Å²) in [7, 11) is 0. The molecule has 3 rings (SSSR count). The van der Waals surface area contributed by atoms with Crippen molar-refractivity contribution < 1.29 is 4.79 Å². The fourth-order valence-corrected chi connectivity index (χ4v) is 3.10. The van der Waals surface area contributed by atoms with Gasteiger partial charge in [0.25, 0.3) is 5.91 Å². The van der Waals surface area contributed by atoms with E-state index in [-0.39, 0.29) is 24.4 Å². The number of fused-ring (bicyclic) bond motifs is 1. The van der Waals surface area contributed by atoms with Gasteiger partial charge in [0.15, 0.2) is 0 Å². The molecule has 1 aromatic carbocycles. The maximum Gasteiger partial charge on any atom is 0.261 e. The van der Waals surface area contributed by atoms with Gasteiger partial charge >= 0.3 is 0 Å². The van der Waals surface area contributed by atoms with Gasteiger partial charge in [-0.05, 0) is 35.5 Å². The second kappa shape index (κ2) is 6.88. The molecule has 1 aromatic heterocycles. The van der Waals surface area contributed by atoms with Crippen molar-refractivity contribution in [3.8, 4) is 0 Å². The van der Waals surface area contributed by atoms with E-state index in [2.05, 4.69) is 34.9 Å². The van der Waals surface area contributed by atoms with Crippen LogP contribution in [0, 0.1) is 0 Å². The Morgan fingerprint density at radius 2 is 2.15 bits per heavy atom. The summed E-state index contributed by atoms with van der Waals surface area (Å²) >= 11 is 1.47. The number of amides is 1. The summed E-state index contributed by atoms with van der Waals surface area (Å²) in [5.74, 6) is 0.0138. The second-order valence-corrected chi connectivity index (χ2v) is 5.59. The van der Waals surface area contributed by atoms with Gasteiger partial charge in [0, 0.05) is 12.6 Å². The van der Waals surface area contributed by atoms with Gasteiger partial charge in [0.05, 0.1) is 4.88 Å². The molecular formula is C15H17ClN2OS. The summed E-state index contributed by atoms with van der Waals surface area (Å²) in [5.41, 5.74) is 2.69. The molecule has 2 heterocycles. The number of rotatable bonds is 3. The monoisotopic (exact) mass is 308 g/mol. The Bertz CT molecular complexity index is 571. The lowest BCUT2D eigenvalue weighted by Gasteiger charge is -2.27. The van der Waals surface area contributed by atoms with Crippen LogP contribution in [0.1, 0.15) is 26.8 Å². The summed E-state index contributed by atoms with van der Waals surface area (Å²) in [6.07, 6.45) is 1.06. The highest BCUT2D eigenvalue weighted by atomic mass is 35.5. The molecule has 1 atom stereocenters. The van der Waals surface area contributed by atoms with Crippen molar-refractivity contribution in [2.24, 2.45) is 0 Å². The van der Waals surface area contributed by atoms with E-state index in [0.29, 0.717) is 6.54 Å². The minimum Gasteiger partial charge on any atom is -0.349 e. The van der Waals surface area contributed by atoms with Crippen molar-refractivity contribution in [2.75, 3.05) is 13.1 Å². The molecular weight excluding hydrogens is 292 g/mol. The number of benzene rings is 1. The predicted octanol–water partition coefficient (Wildman–Crippen LogP) is 2.79. The Labute approximate surface area is 128 Å². The molecule has 2 N–H and O–H groups in total. The third-order valence-corrected chi connectivity index (χ3v) is 4.30. The standard InChI is InChI=1S/C15H16N2OS.ClH/c18-15(14-6-3-9-19-14)17-10-13-12-5-2-1-4-11(12)7-8-16-13;/h1-6,9,13,16H,7-8,10H2,(H,17,18);1H. The molecule has 0 aliphatic carbocycles. The molecule has 0 bridgehead atoms. The third kappa shape index (κ3) is 3.20. The Kier molecular flexibility index (Phi) is 5.17. The molecule has 2 aromatic rings. The van der Waals surface area contributed by atoms with Crippen LogP contribution in [-0.2, 0) is 6.42 Å². The Morgan fingerprint density at radius 1 is 1.30 bits per heavy atom. The fourth-order valence-electron chi connectivity index (χ4n) is 2.46. The van der Waals surface area contributed by atoms with Crippen molar-refractivity contribution in [3.05, 3.63) is 57.8 Å². The Hall–Kier alpha value is -1.36. The van der Waals surface area contributed by atoms with Crippen LogP contribution in [0.5, 0.6) is 0 Å². The molecule has 1 aliphatic heterocycles. The zero-order valence-corrected chi connectivity index (χ0v) is 12.6. The van der Waals surface area contributed by atoms with Crippen LogP contribution >= 0.6 is 23.7 Å². The first-order chi connectivity index (χ1) is 9.34. The van der Waals surface area contributed by atoms with Crippen molar-refractivity contribution >= 4 is 29.7 Å². The zero-order chi connectivity index (χ0) is 13.1. The van der Waals surface area contributed by atoms with Gasteiger partial charge in [0.2, 0.25) is 0 Å². The number of halogens is 1. The van der Waals surface area contributed by atoms with Crippen LogP contribution in [0.4, 0.5) is 0 Å². The van der Waals surface area contributed by atoms with Gasteiger partial charge in [-0.2, -0.15) is 0 Å². The Morgan fingerprint density at radius 3 is 2.95 bits per heavy atom. The number of thiophene rings is 1. The lowest BCUT2D eigenvalue weighted by molar-refractivity contribution is 0.0953. The molecule has 0 saturated heterocycles. The van der Waals surface area contributed by atoms with E-state index in [1.165, 1.54) is 22.5 Å². The lowest BCUT2D eigenvalue weighted by Crippen LogP contribution is -2.38. The minimum absolute atomic E-state index is 0. The minimum atomic E-state index is 0. The van der Waals surface area contributed by atoms with Gasteiger partial charge in [-0.3, -0.25) is 4.79 Å². The highest BCUT2D eigenvalue weighted by Crippen LogP contribution is 2.22. The molecule has 1 aliphatic rings. The first-order valence-electron chi connectivity index (χ1n) is 6.47. The van der Waals surface area contributed by atoms with E-state index in [0.717, 1.165) is 17.8 Å². The summed E-state index contributed by atoms with van der Waals surface area (Å²) in [6.45, 7) is 1.60. The summed E-state index contributed by atoms with van der Waals surface area (Å²) in [6, 6.07) is 12.4. The van der Waals surface area contributed by atoms with Crippen molar-refractivity contribution in [3.63, 3.8) is 0 Å². The predicted molar refractivity (Wildman–Crippen MR) is 84.8 cm³/mol. The van der Waals surface area contributed by atoms with Crippen LogP contribution in [0.15, 0.2) is 41.8 Å². The smallest absolute Gasteiger partial charge is 0.261 e. The molecule has 5 heteroatoms. The maximum atomic E-state index is 11.9. The average molecular weight is 309 g/mol. The highest BCUT2D eigenvalue weighted by Gasteiger charge is 2.19. The van der Waals surface area contributed by atoms with Gasteiger partial charge in [-0.25, -0.2) is 0 Å².